The van der Waals surface area contributed by atoms with Gasteiger partial charge in [-0.3, -0.25) is 20.2 Å². The minimum atomic E-state index is -0.459. The van der Waals surface area contributed by atoms with E-state index in [1.54, 1.807) is 40.9 Å². The number of carbonyl (C=O) groups excluding carboxylic acids is 1. The SMILES string of the molecule is O=C(/C=C/c1ccc([N+](=O)[O-])cc1)Nc1nc(-c2cccs2)c(-c2cccs2)s1. The van der Waals surface area contributed by atoms with Crippen LogP contribution in [-0.2, 0) is 4.79 Å². The highest BCUT2D eigenvalue weighted by Gasteiger charge is 2.17. The monoisotopic (exact) mass is 439 g/mol. The van der Waals surface area contributed by atoms with Crippen molar-refractivity contribution in [2.45, 2.75) is 0 Å². The Bertz CT molecular complexity index is 1110. The van der Waals surface area contributed by atoms with Gasteiger partial charge < -0.3 is 0 Å². The van der Waals surface area contributed by atoms with Crippen molar-refractivity contribution in [3.05, 3.63) is 81.0 Å². The Kier molecular flexibility index (Phi) is 5.61. The van der Waals surface area contributed by atoms with Gasteiger partial charge in [-0.2, -0.15) is 0 Å². The molecule has 144 valence electrons. The number of amides is 1. The lowest BCUT2D eigenvalue weighted by Gasteiger charge is -1.96. The largest absolute Gasteiger partial charge is 0.298 e. The molecule has 0 atom stereocenters. The van der Waals surface area contributed by atoms with Gasteiger partial charge in [0.2, 0.25) is 5.91 Å². The highest BCUT2D eigenvalue weighted by atomic mass is 32.1. The smallest absolute Gasteiger partial charge is 0.269 e. The summed E-state index contributed by atoms with van der Waals surface area (Å²) in [6.45, 7) is 0. The van der Waals surface area contributed by atoms with Gasteiger partial charge in [0.1, 0.15) is 5.69 Å². The molecule has 0 bridgehead atoms. The second kappa shape index (κ2) is 8.48. The third-order valence-corrected chi connectivity index (χ3v) is 6.79. The summed E-state index contributed by atoms with van der Waals surface area (Å²) in [5.41, 5.74) is 1.57. The van der Waals surface area contributed by atoms with Crippen molar-refractivity contribution in [2.75, 3.05) is 5.32 Å². The van der Waals surface area contributed by atoms with Crippen LogP contribution in [0.2, 0.25) is 0 Å². The van der Waals surface area contributed by atoms with Crippen LogP contribution in [0.4, 0.5) is 10.8 Å². The fourth-order valence-corrected chi connectivity index (χ4v) is 5.18. The Hall–Kier alpha value is -3.14. The molecule has 0 spiro atoms. The van der Waals surface area contributed by atoms with Crippen LogP contribution in [0.5, 0.6) is 0 Å². The zero-order valence-electron chi connectivity index (χ0n) is 14.8. The van der Waals surface area contributed by atoms with Crippen LogP contribution < -0.4 is 5.32 Å². The molecule has 3 aromatic heterocycles. The molecule has 9 heteroatoms. The van der Waals surface area contributed by atoms with E-state index in [2.05, 4.69) is 10.3 Å². The van der Waals surface area contributed by atoms with Gasteiger partial charge in [0, 0.05) is 23.1 Å². The van der Waals surface area contributed by atoms with Gasteiger partial charge >= 0.3 is 0 Å². The Morgan fingerprint density at radius 1 is 1.03 bits per heavy atom. The summed E-state index contributed by atoms with van der Waals surface area (Å²) in [5.74, 6) is -0.312. The molecule has 0 aliphatic carbocycles. The zero-order chi connectivity index (χ0) is 20.2. The summed E-state index contributed by atoms with van der Waals surface area (Å²) in [6.07, 6.45) is 2.99. The third kappa shape index (κ3) is 4.48. The van der Waals surface area contributed by atoms with Gasteiger partial charge in [0.25, 0.3) is 5.69 Å². The number of anilines is 1. The van der Waals surface area contributed by atoms with Crippen molar-refractivity contribution >= 4 is 56.8 Å². The van der Waals surface area contributed by atoms with Crippen LogP contribution in [0.15, 0.2) is 65.4 Å². The Balaban J connectivity index is 1.52. The number of non-ortho nitro benzene ring substituents is 1. The summed E-state index contributed by atoms with van der Waals surface area (Å²) >= 11 is 4.67. The normalized spacial score (nSPS) is 11.0. The molecule has 0 aliphatic rings. The van der Waals surface area contributed by atoms with Gasteiger partial charge in [-0.1, -0.05) is 23.5 Å². The summed E-state index contributed by atoms with van der Waals surface area (Å²) in [6, 6.07) is 14.0. The van der Waals surface area contributed by atoms with Crippen molar-refractivity contribution in [3.8, 4) is 20.3 Å². The van der Waals surface area contributed by atoms with E-state index in [0.717, 1.165) is 20.3 Å². The molecule has 0 radical (unpaired) electrons. The number of thiazole rings is 1. The third-order valence-electron chi connectivity index (χ3n) is 3.89. The Morgan fingerprint density at radius 3 is 2.34 bits per heavy atom. The molecule has 3 heterocycles. The van der Waals surface area contributed by atoms with Gasteiger partial charge in [-0.05, 0) is 46.7 Å². The predicted molar refractivity (Wildman–Crippen MR) is 120 cm³/mol. The average molecular weight is 440 g/mol. The number of carbonyl (C=O) groups is 1. The van der Waals surface area contributed by atoms with Crippen molar-refractivity contribution < 1.29 is 9.72 Å². The van der Waals surface area contributed by atoms with Gasteiger partial charge in [0.15, 0.2) is 5.13 Å². The number of hydrogen-bond donors (Lipinski definition) is 1. The molecule has 0 unspecified atom stereocenters. The number of nitrogens with one attached hydrogen (secondary N) is 1. The molecule has 1 amide bonds. The lowest BCUT2D eigenvalue weighted by Crippen LogP contribution is -2.07. The van der Waals surface area contributed by atoms with Crippen molar-refractivity contribution in [2.24, 2.45) is 0 Å². The lowest BCUT2D eigenvalue weighted by atomic mass is 10.2. The molecule has 4 aromatic rings. The number of aromatic nitrogens is 1. The second-order valence-electron chi connectivity index (χ2n) is 5.82. The Labute approximate surface area is 178 Å². The number of nitrogens with zero attached hydrogens (tertiary/aromatic N) is 2. The molecule has 0 saturated carbocycles. The summed E-state index contributed by atoms with van der Waals surface area (Å²) in [7, 11) is 0. The number of thiophene rings is 2. The standard InChI is InChI=1S/C20H13N3O3S3/c24-17(10-7-13-5-8-14(9-6-13)23(25)26)21-20-22-18(15-3-1-11-27-15)19(29-20)16-4-2-12-28-16/h1-12H,(H,21,22,24)/b10-7+. The molecule has 6 nitrogen and oxygen atoms in total. The van der Waals surface area contributed by atoms with E-state index < -0.39 is 4.92 Å². The fourth-order valence-electron chi connectivity index (χ4n) is 2.55. The first-order valence-electron chi connectivity index (χ1n) is 8.42. The number of hydrogen-bond acceptors (Lipinski definition) is 7. The van der Waals surface area contributed by atoms with Gasteiger partial charge in [-0.15, -0.1) is 22.7 Å². The zero-order valence-corrected chi connectivity index (χ0v) is 17.2. The van der Waals surface area contributed by atoms with E-state index in [0.29, 0.717) is 10.7 Å². The van der Waals surface area contributed by atoms with Gasteiger partial charge in [-0.25, -0.2) is 4.98 Å². The summed E-state index contributed by atoms with van der Waals surface area (Å²) in [5, 5.41) is 18.0. The molecule has 0 saturated heterocycles. The van der Waals surface area contributed by atoms with Crippen LogP contribution in [0.25, 0.3) is 26.4 Å². The average Bonchev–Trinajstić information content (AvgIpc) is 3.47. The van der Waals surface area contributed by atoms with Crippen LogP contribution in [-0.4, -0.2) is 15.8 Å². The van der Waals surface area contributed by atoms with E-state index in [9.17, 15) is 14.9 Å². The molecule has 1 aromatic carbocycles. The maximum absolute atomic E-state index is 12.3. The van der Waals surface area contributed by atoms with E-state index >= 15 is 0 Å². The number of benzene rings is 1. The topological polar surface area (TPSA) is 85.1 Å². The molecule has 4 rings (SSSR count). The maximum Gasteiger partial charge on any atom is 0.269 e. The first-order chi connectivity index (χ1) is 14.1. The molecule has 0 fully saturated rings. The van der Waals surface area contributed by atoms with Crippen LogP contribution in [0.1, 0.15) is 5.56 Å². The highest BCUT2D eigenvalue weighted by molar-refractivity contribution is 7.24. The van der Waals surface area contributed by atoms with Crippen LogP contribution in [0, 0.1) is 10.1 Å². The van der Waals surface area contributed by atoms with Crippen LogP contribution >= 0.6 is 34.0 Å². The van der Waals surface area contributed by atoms with Crippen molar-refractivity contribution in [3.63, 3.8) is 0 Å². The number of rotatable bonds is 6. The van der Waals surface area contributed by atoms with Gasteiger partial charge in [0.05, 0.1) is 14.7 Å². The first-order valence-corrected chi connectivity index (χ1v) is 11.0. The quantitative estimate of drug-likeness (QED) is 0.221. The Morgan fingerprint density at radius 2 is 1.72 bits per heavy atom. The van der Waals surface area contributed by atoms with E-state index in [4.69, 9.17) is 0 Å². The van der Waals surface area contributed by atoms with E-state index in [1.807, 2.05) is 35.0 Å². The van der Waals surface area contributed by atoms with Crippen LogP contribution in [0.3, 0.4) is 0 Å². The van der Waals surface area contributed by atoms with E-state index in [1.165, 1.54) is 29.5 Å². The molecular weight excluding hydrogens is 426 g/mol. The highest BCUT2D eigenvalue weighted by Crippen LogP contribution is 2.42. The summed E-state index contributed by atoms with van der Waals surface area (Å²) in [4.78, 5) is 30.4. The second-order valence-corrected chi connectivity index (χ2v) is 8.72. The molecular formula is C20H13N3O3S3. The minimum Gasteiger partial charge on any atom is -0.298 e. The molecule has 0 aliphatic heterocycles. The van der Waals surface area contributed by atoms with E-state index in [-0.39, 0.29) is 11.6 Å². The minimum absolute atomic E-state index is 0.0107. The maximum atomic E-state index is 12.3. The first kappa shape index (κ1) is 19.2. The lowest BCUT2D eigenvalue weighted by molar-refractivity contribution is -0.384. The molecule has 29 heavy (non-hydrogen) atoms. The van der Waals surface area contributed by atoms with Crippen molar-refractivity contribution in [1.29, 1.82) is 0 Å². The predicted octanol–water partition coefficient (Wildman–Crippen LogP) is 6.16. The number of nitro benzene ring substituents is 1. The van der Waals surface area contributed by atoms with Crippen molar-refractivity contribution in [1.82, 2.24) is 4.98 Å². The summed E-state index contributed by atoms with van der Waals surface area (Å²) < 4.78 is 0. The molecule has 1 N–H and O–H groups in total. The number of nitro groups is 1. The fraction of sp³-hybridized carbons (Fsp3) is 0.